The SMILES string of the molecule is CCOC(=O)c1sc2ncn(C(C)C(=O)Nc3ccc(OCC)cc3)c(=O)c2c1C. The third kappa shape index (κ3) is 4.20. The predicted molar refractivity (Wildman–Crippen MR) is 116 cm³/mol. The first-order chi connectivity index (χ1) is 14.4. The summed E-state index contributed by atoms with van der Waals surface area (Å²) >= 11 is 1.11. The van der Waals surface area contributed by atoms with Crippen LogP contribution in [0, 0.1) is 6.92 Å². The highest BCUT2D eigenvalue weighted by molar-refractivity contribution is 7.20. The number of nitrogens with one attached hydrogen (secondary N) is 1. The fraction of sp³-hybridized carbons (Fsp3) is 0.333. The Labute approximate surface area is 177 Å². The Kier molecular flexibility index (Phi) is 6.51. The number of thiophene rings is 1. The molecule has 0 aliphatic heterocycles. The van der Waals surface area contributed by atoms with Crippen molar-refractivity contribution in [2.45, 2.75) is 33.7 Å². The van der Waals surface area contributed by atoms with Crippen molar-refractivity contribution in [3.63, 3.8) is 0 Å². The highest BCUT2D eigenvalue weighted by atomic mass is 32.1. The van der Waals surface area contributed by atoms with Gasteiger partial charge in [-0.1, -0.05) is 0 Å². The van der Waals surface area contributed by atoms with Crippen LogP contribution in [-0.4, -0.2) is 34.6 Å². The van der Waals surface area contributed by atoms with Gasteiger partial charge in [-0.2, -0.15) is 0 Å². The first-order valence-electron chi connectivity index (χ1n) is 9.58. The number of nitrogens with zero attached hydrogens (tertiary/aromatic N) is 2. The summed E-state index contributed by atoms with van der Waals surface area (Å²) in [7, 11) is 0. The van der Waals surface area contributed by atoms with Gasteiger partial charge in [-0.3, -0.25) is 14.2 Å². The first kappa shape index (κ1) is 21.5. The average Bonchev–Trinajstić information content (AvgIpc) is 3.07. The van der Waals surface area contributed by atoms with Crippen LogP contribution in [0.25, 0.3) is 10.2 Å². The maximum atomic E-state index is 13.0. The number of amides is 1. The van der Waals surface area contributed by atoms with Crippen LogP contribution < -0.4 is 15.6 Å². The molecule has 1 amide bonds. The molecular weight excluding hydrogens is 406 g/mol. The Morgan fingerprint density at radius 1 is 1.20 bits per heavy atom. The van der Waals surface area contributed by atoms with Gasteiger partial charge in [0, 0.05) is 5.69 Å². The predicted octanol–water partition coefficient (Wildman–Crippen LogP) is 3.54. The van der Waals surface area contributed by atoms with Crippen LogP contribution in [0.2, 0.25) is 0 Å². The van der Waals surface area contributed by atoms with Crippen molar-refractivity contribution in [3.8, 4) is 5.75 Å². The Hall–Kier alpha value is -3.20. The number of aryl methyl sites for hydroxylation is 1. The van der Waals surface area contributed by atoms with Gasteiger partial charge in [-0.15, -0.1) is 11.3 Å². The molecule has 0 bridgehead atoms. The van der Waals surface area contributed by atoms with Gasteiger partial charge in [-0.25, -0.2) is 9.78 Å². The molecule has 0 aliphatic rings. The van der Waals surface area contributed by atoms with E-state index < -0.39 is 12.0 Å². The second-order valence-electron chi connectivity index (χ2n) is 6.54. The smallest absolute Gasteiger partial charge is 0.348 e. The Bertz CT molecular complexity index is 1130. The number of rotatable bonds is 7. The third-order valence-electron chi connectivity index (χ3n) is 4.57. The highest BCUT2D eigenvalue weighted by Gasteiger charge is 2.23. The first-order valence-corrected chi connectivity index (χ1v) is 10.4. The normalized spacial score (nSPS) is 11.9. The van der Waals surface area contributed by atoms with Gasteiger partial charge in [0.1, 0.15) is 21.5 Å². The summed E-state index contributed by atoms with van der Waals surface area (Å²) in [6.07, 6.45) is 1.33. The molecule has 3 aromatic rings. The number of esters is 1. The van der Waals surface area contributed by atoms with Crippen molar-refractivity contribution in [2.75, 3.05) is 18.5 Å². The largest absolute Gasteiger partial charge is 0.494 e. The van der Waals surface area contributed by atoms with E-state index in [2.05, 4.69) is 10.3 Å². The molecule has 0 saturated carbocycles. The molecule has 0 radical (unpaired) electrons. The maximum absolute atomic E-state index is 13.0. The van der Waals surface area contributed by atoms with Crippen molar-refractivity contribution in [1.29, 1.82) is 0 Å². The van der Waals surface area contributed by atoms with E-state index in [1.807, 2.05) is 6.92 Å². The van der Waals surface area contributed by atoms with Crippen LogP contribution in [-0.2, 0) is 9.53 Å². The van der Waals surface area contributed by atoms with E-state index in [0.717, 1.165) is 11.3 Å². The lowest BCUT2D eigenvalue weighted by molar-refractivity contribution is -0.118. The molecule has 0 aliphatic carbocycles. The highest BCUT2D eigenvalue weighted by Crippen LogP contribution is 2.28. The van der Waals surface area contributed by atoms with E-state index in [9.17, 15) is 14.4 Å². The molecule has 9 heteroatoms. The lowest BCUT2D eigenvalue weighted by Gasteiger charge is -2.15. The number of benzene rings is 1. The summed E-state index contributed by atoms with van der Waals surface area (Å²) in [6.45, 7) is 7.71. The van der Waals surface area contributed by atoms with Gasteiger partial charge in [0.25, 0.3) is 5.56 Å². The van der Waals surface area contributed by atoms with E-state index in [1.165, 1.54) is 10.9 Å². The Morgan fingerprint density at radius 2 is 1.90 bits per heavy atom. The molecule has 8 nitrogen and oxygen atoms in total. The summed E-state index contributed by atoms with van der Waals surface area (Å²) in [5, 5.41) is 3.11. The van der Waals surface area contributed by atoms with Crippen molar-refractivity contribution >= 4 is 39.1 Å². The average molecular weight is 429 g/mol. The monoisotopic (exact) mass is 429 g/mol. The minimum absolute atomic E-state index is 0.243. The molecule has 30 heavy (non-hydrogen) atoms. The number of carbonyl (C=O) groups excluding carboxylic acids is 2. The molecule has 1 atom stereocenters. The molecule has 158 valence electrons. The van der Waals surface area contributed by atoms with Crippen molar-refractivity contribution in [3.05, 3.63) is 51.4 Å². The Morgan fingerprint density at radius 3 is 2.53 bits per heavy atom. The zero-order chi connectivity index (χ0) is 21.8. The van der Waals surface area contributed by atoms with Crippen molar-refractivity contribution in [1.82, 2.24) is 9.55 Å². The van der Waals surface area contributed by atoms with E-state index in [-0.39, 0.29) is 18.1 Å². The van der Waals surface area contributed by atoms with Gasteiger partial charge < -0.3 is 14.8 Å². The van der Waals surface area contributed by atoms with Gasteiger partial charge >= 0.3 is 5.97 Å². The minimum Gasteiger partial charge on any atom is -0.494 e. The van der Waals surface area contributed by atoms with E-state index in [0.29, 0.717) is 38.7 Å². The van der Waals surface area contributed by atoms with Gasteiger partial charge in [0.05, 0.1) is 24.9 Å². The number of aromatic nitrogens is 2. The maximum Gasteiger partial charge on any atom is 0.348 e. The zero-order valence-electron chi connectivity index (χ0n) is 17.2. The summed E-state index contributed by atoms with van der Waals surface area (Å²) in [5.41, 5.74) is 0.728. The lowest BCUT2D eigenvalue weighted by Crippen LogP contribution is -2.31. The third-order valence-corrected chi connectivity index (χ3v) is 5.75. The standard InChI is InChI=1S/C21H23N3O5S/c1-5-28-15-9-7-14(8-10-15)23-18(25)13(4)24-11-22-19-16(20(24)26)12(3)17(30-19)21(27)29-6-2/h7-11,13H,5-6H2,1-4H3,(H,23,25). The quantitative estimate of drug-likeness (QED) is 0.577. The van der Waals surface area contributed by atoms with E-state index >= 15 is 0 Å². The molecule has 1 N–H and O–H groups in total. The van der Waals surface area contributed by atoms with Crippen LogP contribution in [0.15, 0.2) is 35.4 Å². The molecular formula is C21H23N3O5S. The van der Waals surface area contributed by atoms with E-state index in [1.54, 1.807) is 45.0 Å². The lowest BCUT2D eigenvalue weighted by atomic mass is 10.2. The topological polar surface area (TPSA) is 99.5 Å². The fourth-order valence-corrected chi connectivity index (χ4v) is 4.01. The second kappa shape index (κ2) is 9.08. The molecule has 3 rings (SSSR count). The number of hydrogen-bond acceptors (Lipinski definition) is 7. The summed E-state index contributed by atoms with van der Waals surface area (Å²) in [4.78, 5) is 42.9. The molecule has 0 fully saturated rings. The van der Waals surface area contributed by atoms with Gasteiger partial charge in [0.2, 0.25) is 5.91 Å². The van der Waals surface area contributed by atoms with Crippen LogP contribution in [0.5, 0.6) is 5.75 Å². The van der Waals surface area contributed by atoms with Gasteiger partial charge in [-0.05, 0) is 57.5 Å². The van der Waals surface area contributed by atoms with Crippen LogP contribution >= 0.6 is 11.3 Å². The van der Waals surface area contributed by atoms with Gasteiger partial charge in [0.15, 0.2) is 0 Å². The number of ether oxygens (including phenoxy) is 2. The van der Waals surface area contributed by atoms with Crippen molar-refractivity contribution in [2.24, 2.45) is 0 Å². The number of fused-ring (bicyclic) bond motifs is 1. The minimum atomic E-state index is -0.800. The number of anilines is 1. The molecule has 0 saturated heterocycles. The molecule has 1 unspecified atom stereocenters. The summed E-state index contributed by atoms with van der Waals surface area (Å²) in [5.74, 6) is -0.133. The van der Waals surface area contributed by atoms with Crippen LogP contribution in [0.3, 0.4) is 0 Å². The number of carbonyl (C=O) groups is 2. The van der Waals surface area contributed by atoms with E-state index in [4.69, 9.17) is 9.47 Å². The fourth-order valence-electron chi connectivity index (χ4n) is 2.98. The summed E-state index contributed by atoms with van der Waals surface area (Å²) < 4.78 is 11.7. The van der Waals surface area contributed by atoms with Crippen LogP contribution in [0.1, 0.15) is 42.0 Å². The second-order valence-corrected chi connectivity index (χ2v) is 7.54. The number of hydrogen-bond donors (Lipinski definition) is 1. The van der Waals surface area contributed by atoms with Crippen molar-refractivity contribution < 1.29 is 19.1 Å². The Balaban J connectivity index is 1.87. The summed E-state index contributed by atoms with van der Waals surface area (Å²) in [6, 6.07) is 6.18. The zero-order valence-corrected chi connectivity index (χ0v) is 18.0. The molecule has 2 aromatic heterocycles. The molecule has 0 spiro atoms. The van der Waals surface area contributed by atoms with Crippen LogP contribution in [0.4, 0.5) is 5.69 Å². The molecule has 1 aromatic carbocycles. The molecule has 2 heterocycles.